The lowest BCUT2D eigenvalue weighted by molar-refractivity contribution is 0.0747. The van der Waals surface area contributed by atoms with Gasteiger partial charge < -0.3 is 4.90 Å². The Morgan fingerprint density at radius 3 is 2.70 bits per heavy atom. The first-order chi connectivity index (χ1) is 11.0. The van der Waals surface area contributed by atoms with Gasteiger partial charge in [-0.25, -0.2) is 4.98 Å². The van der Waals surface area contributed by atoms with E-state index in [-0.39, 0.29) is 11.9 Å². The average molecular weight is 345 g/mol. The van der Waals surface area contributed by atoms with E-state index in [1.165, 1.54) is 10.4 Å². The standard InChI is InChI=1S/C18H20N2OS2/c1-5-14-11(2)10-16(22-14)18(21)20(4)12(3)17-19-13-8-6-7-9-15(13)23-17/h6-10,12H,5H2,1-4H3/t12-/m0/s1. The molecule has 3 rings (SSSR count). The van der Waals surface area contributed by atoms with Crippen LogP contribution in [-0.2, 0) is 6.42 Å². The molecule has 23 heavy (non-hydrogen) atoms. The Balaban J connectivity index is 1.85. The molecule has 0 aliphatic rings. The summed E-state index contributed by atoms with van der Waals surface area (Å²) in [7, 11) is 1.86. The fourth-order valence-corrected chi connectivity index (χ4v) is 4.72. The minimum atomic E-state index is -0.0348. The third kappa shape index (κ3) is 3.03. The quantitative estimate of drug-likeness (QED) is 0.662. The number of fused-ring (bicyclic) bond motifs is 1. The molecule has 1 atom stereocenters. The van der Waals surface area contributed by atoms with Gasteiger partial charge in [0, 0.05) is 11.9 Å². The summed E-state index contributed by atoms with van der Waals surface area (Å²) in [4.78, 5) is 21.3. The third-order valence-electron chi connectivity index (χ3n) is 4.12. The molecular weight excluding hydrogens is 324 g/mol. The molecule has 0 aliphatic heterocycles. The van der Waals surface area contributed by atoms with Crippen molar-refractivity contribution in [3.8, 4) is 0 Å². The van der Waals surface area contributed by atoms with Crippen LogP contribution in [0.3, 0.4) is 0 Å². The molecule has 2 aromatic heterocycles. The van der Waals surface area contributed by atoms with E-state index >= 15 is 0 Å². The molecule has 2 heterocycles. The number of rotatable bonds is 4. The van der Waals surface area contributed by atoms with Crippen molar-refractivity contribution >= 4 is 38.8 Å². The van der Waals surface area contributed by atoms with Crippen LogP contribution < -0.4 is 0 Å². The van der Waals surface area contributed by atoms with Gasteiger partial charge >= 0.3 is 0 Å². The Hall–Kier alpha value is -1.72. The van der Waals surface area contributed by atoms with Crippen LogP contribution in [0.15, 0.2) is 30.3 Å². The van der Waals surface area contributed by atoms with Crippen molar-refractivity contribution in [2.24, 2.45) is 0 Å². The van der Waals surface area contributed by atoms with Crippen LogP contribution in [0.2, 0.25) is 0 Å². The van der Waals surface area contributed by atoms with Crippen molar-refractivity contribution in [1.29, 1.82) is 0 Å². The molecule has 1 amide bonds. The second kappa shape index (κ2) is 6.42. The molecule has 0 radical (unpaired) electrons. The molecule has 0 bridgehead atoms. The number of hydrogen-bond acceptors (Lipinski definition) is 4. The minimum Gasteiger partial charge on any atom is -0.332 e. The topological polar surface area (TPSA) is 33.2 Å². The largest absolute Gasteiger partial charge is 0.332 e. The van der Waals surface area contributed by atoms with Gasteiger partial charge in [0.2, 0.25) is 0 Å². The molecule has 5 heteroatoms. The van der Waals surface area contributed by atoms with Crippen molar-refractivity contribution in [3.63, 3.8) is 0 Å². The van der Waals surface area contributed by atoms with Crippen LogP contribution in [0, 0.1) is 6.92 Å². The Kier molecular flexibility index (Phi) is 4.50. The van der Waals surface area contributed by atoms with E-state index in [9.17, 15) is 4.79 Å². The monoisotopic (exact) mass is 344 g/mol. The fourth-order valence-electron chi connectivity index (χ4n) is 2.56. The molecular formula is C18H20N2OS2. The van der Waals surface area contributed by atoms with Gasteiger partial charge in [0.25, 0.3) is 5.91 Å². The number of amides is 1. The van der Waals surface area contributed by atoms with E-state index in [1.54, 1.807) is 27.6 Å². The Morgan fingerprint density at radius 2 is 2.04 bits per heavy atom. The minimum absolute atomic E-state index is 0.0348. The number of thiazole rings is 1. The molecule has 1 aromatic carbocycles. The van der Waals surface area contributed by atoms with Gasteiger partial charge in [-0.3, -0.25) is 4.79 Å². The molecule has 0 saturated carbocycles. The van der Waals surface area contributed by atoms with Crippen molar-refractivity contribution in [1.82, 2.24) is 9.88 Å². The number of thiophene rings is 1. The summed E-state index contributed by atoms with van der Waals surface area (Å²) in [6.45, 7) is 6.24. The zero-order chi connectivity index (χ0) is 16.6. The first kappa shape index (κ1) is 16.1. The third-order valence-corrected chi connectivity index (χ3v) is 6.70. The fraction of sp³-hybridized carbons (Fsp3) is 0.333. The Morgan fingerprint density at radius 1 is 1.30 bits per heavy atom. The SMILES string of the molecule is CCc1sc(C(=O)N(C)[C@@H](C)c2nc3ccccc3s2)cc1C. The smallest absolute Gasteiger partial charge is 0.264 e. The van der Waals surface area contributed by atoms with Gasteiger partial charge in [-0.1, -0.05) is 19.1 Å². The number of benzene rings is 1. The van der Waals surface area contributed by atoms with E-state index in [0.29, 0.717) is 0 Å². The molecule has 0 unspecified atom stereocenters. The van der Waals surface area contributed by atoms with Crippen LogP contribution in [0.25, 0.3) is 10.2 Å². The maximum atomic E-state index is 12.8. The van der Waals surface area contributed by atoms with E-state index in [4.69, 9.17) is 0 Å². The molecule has 0 saturated heterocycles. The zero-order valence-corrected chi connectivity index (χ0v) is 15.4. The highest BCUT2D eigenvalue weighted by atomic mass is 32.1. The maximum absolute atomic E-state index is 12.8. The average Bonchev–Trinajstić information content (AvgIpc) is 3.15. The number of para-hydroxylation sites is 1. The number of aryl methyl sites for hydroxylation is 2. The van der Waals surface area contributed by atoms with Gasteiger partial charge in [0.1, 0.15) is 5.01 Å². The molecule has 3 aromatic rings. The van der Waals surface area contributed by atoms with Crippen molar-refractivity contribution in [3.05, 3.63) is 50.7 Å². The van der Waals surface area contributed by atoms with Gasteiger partial charge in [0.05, 0.1) is 21.1 Å². The number of carbonyl (C=O) groups is 1. The second-order valence-corrected chi connectivity index (χ2v) is 7.88. The van der Waals surface area contributed by atoms with Crippen LogP contribution >= 0.6 is 22.7 Å². The molecule has 0 fully saturated rings. The van der Waals surface area contributed by atoms with Crippen LogP contribution in [-0.4, -0.2) is 22.8 Å². The molecule has 0 N–H and O–H groups in total. The lowest BCUT2D eigenvalue weighted by Crippen LogP contribution is -2.29. The highest BCUT2D eigenvalue weighted by Gasteiger charge is 2.23. The van der Waals surface area contributed by atoms with Crippen LogP contribution in [0.5, 0.6) is 0 Å². The van der Waals surface area contributed by atoms with Crippen molar-refractivity contribution in [2.75, 3.05) is 7.05 Å². The van der Waals surface area contributed by atoms with Crippen LogP contribution in [0.4, 0.5) is 0 Å². The van der Waals surface area contributed by atoms with Crippen molar-refractivity contribution < 1.29 is 4.79 Å². The van der Waals surface area contributed by atoms with E-state index < -0.39 is 0 Å². The maximum Gasteiger partial charge on any atom is 0.264 e. The number of nitrogens with zero attached hydrogens (tertiary/aromatic N) is 2. The van der Waals surface area contributed by atoms with Gasteiger partial charge in [-0.15, -0.1) is 22.7 Å². The van der Waals surface area contributed by atoms with E-state index in [2.05, 4.69) is 24.9 Å². The highest BCUT2D eigenvalue weighted by Crippen LogP contribution is 2.31. The summed E-state index contributed by atoms with van der Waals surface area (Å²) < 4.78 is 1.16. The normalized spacial score (nSPS) is 12.5. The highest BCUT2D eigenvalue weighted by molar-refractivity contribution is 7.18. The van der Waals surface area contributed by atoms with Crippen molar-refractivity contribution in [2.45, 2.75) is 33.2 Å². The van der Waals surface area contributed by atoms with Crippen LogP contribution in [0.1, 0.15) is 45.0 Å². The second-order valence-electron chi connectivity index (χ2n) is 5.68. The molecule has 3 nitrogen and oxygen atoms in total. The van der Waals surface area contributed by atoms with E-state index in [1.807, 2.05) is 38.2 Å². The lowest BCUT2D eigenvalue weighted by atomic mass is 10.2. The first-order valence-electron chi connectivity index (χ1n) is 7.73. The zero-order valence-electron chi connectivity index (χ0n) is 13.8. The number of carbonyl (C=O) groups excluding carboxylic acids is 1. The Labute approximate surface area is 144 Å². The van der Waals surface area contributed by atoms with Gasteiger partial charge in [-0.2, -0.15) is 0 Å². The lowest BCUT2D eigenvalue weighted by Gasteiger charge is -2.22. The summed E-state index contributed by atoms with van der Waals surface area (Å²) in [5.41, 5.74) is 2.21. The summed E-state index contributed by atoms with van der Waals surface area (Å²) >= 11 is 3.26. The molecule has 120 valence electrons. The molecule has 0 spiro atoms. The van der Waals surface area contributed by atoms with E-state index in [0.717, 1.165) is 26.5 Å². The first-order valence-corrected chi connectivity index (χ1v) is 9.36. The molecule has 0 aliphatic carbocycles. The van der Waals surface area contributed by atoms with Gasteiger partial charge in [0.15, 0.2) is 0 Å². The number of hydrogen-bond donors (Lipinski definition) is 0. The summed E-state index contributed by atoms with van der Waals surface area (Å²) in [5, 5.41) is 0.978. The Bertz CT molecular complexity index is 817. The summed E-state index contributed by atoms with van der Waals surface area (Å²) in [6.07, 6.45) is 0.973. The predicted molar refractivity (Wildman–Crippen MR) is 98.6 cm³/mol. The number of aromatic nitrogens is 1. The summed E-state index contributed by atoms with van der Waals surface area (Å²) in [6, 6.07) is 10.1. The van der Waals surface area contributed by atoms with Gasteiger partial charge in [-0.05, 0) is 44.0 Å². The summed E-state index contributed by atoms with van der Waals surface area (Å²) in [5.74, 6) is 0.0737. The predicted octanol–water partition coefficient (Wildman–Crippen LogP) is 5.06.